The number of aromatic nitrogens is 2. The number of nitrogens with zero attached hydrogens (tertiary/aromatic N) is 3. The Balaban J connectivity index is 0. The Labute approximate surface area is 422 Å². The molecule has 3 nitrogen and oxygen atoms in total. The van der Waals surface area contributed by atoms with Crippen molar-refractivity contribution in [2.24, 2.45) is 21.7 Å². The fourth-order valence-corrected chi connectivity index (χ4v) is 3.91. The summed E-state index contributed by atoms with van der Waals surface area (Å²) in [5.41, 5.74) is 6.79. The number of para-hydroxylation sites is 1. The van der Waals surface area contributed by atoms with Gasteiger partial charge < -0.3 is 0 Å². The molecular weight excluding hydrogens is 830 g/mol. The van der Waals surface area contributed by atoms with Crippen molar-refractivity contribution in [1.29, 1.82) is 0 Å². The van der Waals surface area contributed by atoms with Crippen LogP contribution in [0.2, 0.25) is 0 Å². The van der Waals surface area contributed by atoms with Gasteiger partial charge in [-0.2, -0.15) is 0 Å². The molecule has 0 aliphatic heterocycles. The number of halogens is 1. The third-order valence-electron chi connectivity index (χ3n) is 6.42. The van der Waals surface area contributed by atoms with Crippen molar-refractivity contribution in [3.63, 3.8) is 0 Å². The molecule has 0 saturated heterocycles. The summed E-state index contributed by atoms with van der Waals surface area (Å²) >= 11 is 0. The molecule has 0 bridgehead atoms. The molecular formula is C64H90FN3. The van der Waals surface area contributed by atoms with Crippen LogP contribution >= 0.6 is 0 Å². The first-order valence-electron chi connectivity index (χ1n) is 25.4. The lowest BCUT2D eigenvalue weighted by Gasteiger charge is -2.19. The summed E-state index contributed by atoms with van der Waals surface area (Å²) in [6.45, 7) is 49.3. The van der Waals surface area contributed by atoms with E-state index >= 15 is 0 Å². The van der Waals surface area contributed by atoms with Crippen LogP contribution in [0, 0.1) is 41.0 Å². The molecule has 0 aliphatic rings. The largest absolute Gasteiger partial charge is 0.265 e. The van der Waals surface area contributed by atoms with E-state index in [-0.39, 0.29) is 35.4 Å². The van der Waals surface area contributed by atoms with Gasteiger partial charge >= 0.3 is 0 Å². The Morgan fingerprint density at radius 1 is 0.471 bits per heavy atom. The zero-order valence-electron chi connectivity index (χ0n) is 49.7. The lowest BCUT2D eigenvalue weighted by molar-refractivity contribution is 0.469. The van der Waals surface area contributed by atoms with Crippen molar-refractivity contribution >= 4 is 16.6 Å². The van der Waals surface area contributed by atoms with Gasteiger partial charge in [-0.15, -0.1) is 0 Å². The maximum atomic E-state index is 11.9. The average molecular weight is 924 g/mol. The Morgan fingerprint density at radius 3 is 1.24 bits per heavy atom. The SMILES string of the molecule is CC(C)(C)C.CC(C)(C)C.CC(C)(C)C.CC(C)(C)C.Fc1ccccc1.[2H]c1c([2H])c(C)c([2H])c(C(C)(C)C)c1[2H].[C-]#[N+]c1ccc(-c2ccccc2)cc1.c1ccc2ncccc2c1.c1ccncc1. The van der Waals surface area contributed by atoms with E-state index in [0.717, 1.165) is 11.1 Å². The van der Waals surface area contributed by atoms with Crippen molar-refractivity contribution in [1.82, 2.24) is 9.97 Å². The number of hydrogen-bond donors (Lipinski definition) is 0. The predicted molar refractivity (Wildman–Crippen MR) is 301 cm³/mol. The quantitative estimate of drug-likeness (QED) is 0.154. The van der Waals surface area contributed by atoms with Gasteiger partial charge in [-0.25, -0.2) is 9.24 Å². The fraction of sp³-hybridized carbons (Fsp3) is 0.391. The molecule has 2 heterocycles. The Bertz CT molecular complexity index is 2330. The van der Waals surface area contributed by atoms with Crippen molar-refractivity contribution in [2.45, 2.75) is 144 Å². The zero-order chi connectivity index (χ0) is 55.9. The Hall–Kier alpha value is -5.92. The first kappa shape index (κ1) is 56.4. The van der Waals surface area contributed by atoms with Crippen LogP contribution in [0.25, 0.3) is 26.9 Å². The first-order valence-corrected chi connectivity index (χ1v) is 23.4. The molecule has 0 aliphatic carbocycles. The summed E-state index contributed by atoms with van der Waals surface area (Å²) in [6, 6.07) is 43.7. The zero-order valence-corrected chi connectivity index (χ0v) is 45.7. The third kappa shape index (κ3) is 48.0. The number of rotatable bonds is 1. The maximum absolute atomic E-state index is 11.9. The third-order valence-corrected chi connectivity index (χ3v) is 6.42. The van der Waals surface area contributed by atoms with E-state index in [1.165, 1.54) is 23.1 Å². The average Bonchev–Trinajstić information content (AvgIpc) is 3.27. The molecule has 0 fully saturated rings. The van der Waals surface area contributed by atoms with Crippen LogP contribution in [0.4, 0.5) is 10.1 Å². The van der Waals surface area contributed by atoms with Gasteiger partial charge in [-0.3, -0.25) is 9.97 Å². The summed E-state index contributed by atoms with van der Waals surface area (Å²) < 4.78 is 42.9. The maximum Gasteiger partial charge on any atom is 0.187 e. The topological polar surface area (TPSA) is 30.1 Å². The standard InChI is InChI=1S/C13H9N.C11H16.C9H7N.C6H5F.C5H5N.4C5H12/c1-14-13-9-7-12(8-10-13)11-5-3-2-4-6-11;1-9-6-5-7-10(8-9)11(2,3)4;1-2-6-9-8(4-1)5-3-7-10-9;7-6-4-2-1-3-5-6;1-2-4-6-5-3-1;4*1-5(2,3)4/h2-10H;5-8H,1-4H3;1-7H;1-5H;1-5H;4*1-4H3/i;5D,6D,7D,8D;;;;;;;. The summed E-state index contributed by atoms with van der Waals surface area (Å²) in [7, 11) is 0. The second-order valence-electron chi connectivity index (χ2n) is 23.3. The second kappa shape index (κ2) is 33.5. The molecule has 2 aromatic heterocycles. The summed E-state index contributed by atoms with van der Waals surface area (Å²) in [5.74, 6) is -0.178. The number of hydrogen-bond acceptors (Lipinski definition) is 2. The summed E-state index contributed by atoms with van der Waals surface area (Å²) in [4.78, 5) is 11.3. The van der Waals surface area contributed by atoms with Gasteiger partial charge in [0, 0.05) is 24.0 Å². The minimum Gasteiger partial charge on any atom is -0.265 e. The Morgan fingerprint density at radius 2 is 0.868 bits per heavy atom. The van der Waals surface area contributed by atoms with Crippen LogP contribution in [0.3, 0.4) is 0 Å². The highest BCUT2D eigenvalue weighted by Gasteiger charge is 2.12. The highest BCUT2D eigenvalue weighted by molar-refractivity contribution is 5.77. The first-order chi connectivity index (χ1) is 32.9. The fourth-order valence-electron chi connectivity index (χ4n) is 3.91. The van der Waals surface area contributed by atoms with Crippen LogP contribution in [0.15, 0.2) is 182 Å². The van der Waals surface area contributed by atoms with Crippen LogP contribution in [0.5, 0.6) is 0 Å². The lowest BCUT2D eigenvalue weighted by atomic mass is 9.86. The lowest BCUT2D eigenvalue weighted by Crippen LogP contribution is -2.10. The monoisotopic (exact) mass is 924 g/mol. The number of pyridine rings is 2. The van der Waals surface area contributed by atoms with E-state index in [2.05, 4.69) is 150 Å². The van der Waals surface area contributed by atoms with E-state index < -0.39 is 0 Å². The van der Waals surface area contributed by atoms with Gasteiger partial charge in [0.2, 0.25) is 0 Å². The van der Waals surface area contributed by atoms with Crippen LogP contribution in [-0.2, 0) is 5.41 Å². The van der Waals surface area contributed by atoms with Gasteiger partial charge in [0.1, 0.15) is 5.82 Å². The minimum atomic E-state index is -0.331. The van der Waals surface area contributed by atoms with Gasteiger partial charge in [0.15, 0.2) is 5.69 Å². The number of benzene rings is 5. The van der Waals surface area contributed by atoms with Crippen molar-refractivity contribution in [2.75, 3.05) is 0 Å². The molecule has 0 unspecified atom stereocenters. The molecule has 68 heavy (non-hydrogen) atoms. The van der Waals surface area contributed by atoms with E-state index in [0.29, 0.717) is 38.5 Å². The van der Waals surface area contributed by atoms with E-state index in [1.807, 2.05) is 112 Å². The smallest absolute Gasteiger partial charge is 0.187 e. The van der Waals surface area contributed by atoms with Gasteiger partial charge in [0.25, 0.3) is 0 Å². The van der Waals surface area contributed by atoms with Crippen LogP contribution < -0.4 is 0 Å². The summed E-state index contributed by atoms with van der Waals surface area (Å²) in [6.07, 6.45) is 5.31. The molecule has 0 spiro atoms. The Kier molecular flexibility index (Phi) is 27.8. The van der Waals surface area contributed by atoms with Crippen LogP contribution in [-0.4, -0.2) is 9.97 Å². The minimum absolute atomic E-state index is 0.00185. The molecule has 0 atom stereocenters. The van der Waals surface area contributed by atoms with E-state index in [1.54, 1.807) is 37.5 Å². The normalized spacial score (nSPS) is 11.2. The summed E-state index contributed by atoms with van der Waals surface area (Å²) in [5, 5.41) is 1.20. The number of fused-ring (bicyclic) bond motifs is 1. The molecule has 0 radical (unpaired) electrons. The van der Waals surface area contributed by atoms with Gasteiger partial charge in [-0.1, -0.05) is 264 Å². The van der Waals surface area contributed by atoms with Crippen LogP contribution in [0.1, 0.15) is 148 Å². The molecule has 0 N–H and O–H groups in total. The van der Waals surface area contributed by atoms with Crippen molar-refractivity contribution in [3.8, 4) is 11.1 Å². The molecule has 4 heteroatoms. The molecule has 7 aromatic rings. The molecule has 368 valence electrons. The second-order valence-corrected chi connectivity index (χ2v) is 23.3. The van der Waals surface area contributed by atoms with E-state index in [4.69, 9.17) is 12.1 Å². The van der Waals surface area contributed by atoms with Crippen molar-refractivity contribution < 1.29 is 9.87 Å². The molecule has 5 aromatic carbocycles. The molecule has 0 saturated carbocycles. The van der Waals surface area contributed by atoms with Gasteiger partial charge in [-0.05, 0) is 87.1 Å². The van der Waals surface area contributed by atoms with E-state index in [9.17, 15) is 4.39 Å². The van der Waals surface area contributed by atoms with Crippen molar-refractivity contribution in [3.05, 3.63) is 211 Å². The highest BCUT2D eigenvalue weighted by Crippen LogP contribution is 2.23. The molecule has 7 rings (SSSR count). The van der Waals surface area contributed by atoms with Gasteiger partial charge in [0.05, 0.1) is 17.6 Å². The molecule has 0 amide bonds. The predicted octanol–water partition coefficient (Wildman–Crippen LogP) is 20.5. The highest BCUT2D eigenvalue weighted by atomic mass is 19.1.